The number of nitrogens with zero attached hydrogens (tertiary/aromatic N) is 2. The van der Waals surface area contributed by atoms with Gasteiger partial charge in [-0.25, -0.2) is 14.6 Å². The maximum atomic E-state index is 12.3. The molecular weight excluding hydrogens is 302 g/mol. The van der Waals surface area contributed by atoms with Gasteiger partial charge >= 0.3 is 12.1 Å². The van der Waals surface area contributed by atoms with Crippen molar-refractivity contribution in [2.45, 2.75) is 44.5 Å². The first-order valence-corrected chi connectivity index (χ1v) is 7.54. The molecule has 126 valence electrons. The number of rotatable bonds is 1. The maximum absolute atomic E-state index is 12.3. The molecule has 2 aliphatic rings. The average molecular weight is 323 g/mol. The zero-order valence-corrected chi connectivity index (χ0v) is 13.7. The minimum atomic E-state index is -0.836. The van der Waals surface area contributed by atoms with Gasteiger partial charge in [0.2, 0.25) is 0 Å². The summed E-state index contributed by atoms with van der Waals surface area (Å²) in [5.74, 6) is -0.561. The van der Waals surface area contributed by atoms with Gasteiger partial charge in [-0.3, -0.25) is 0 Å². The first kappa shape index (κ1) is 15.8. The molecule has 1 aromatic rings. The van der Waals surface area contributed by atoms with Crippen molar-refractivity contribution in [2.75, 3.05) is 20.2 Å². The van der Waals surface area contributed by atoms with E-state index < -0.39 is 17.7 Å². The molecule has 0 radical (unpaired) electrons. The molecule has 0 aromatic carbocycles. The van der Waals surface area contributed by atoms with E-state index in [1.54, 1.807) is 4.90 Å². The molecule has 1 fully saturated rings. The molecule has 0 bridgehead atoms. The van der Waals surface area contributed by atoms with E-state index in [2.05, 4.69) is 9.97 Å². The number of aromatic nitrogens is 2. The maximum Gasteiger partial charge on any atom is 0.410 e. The van der Waals surface area contributed by atoms with Crippen LogP contribution in [0.3, 0.4) is 0 Å². The van der Waals surface area contributed by atoms with Gasteiger partial charge in [-0.1, -0.05) is 0 Å². The Hall–Kier alpha value is -2.09. The van der Waals surface area contributed by atoms with Crippen LogP contribution in [0, 0.1) is 0 Å². The fraction of sp³-hybridized carbons (Fsp3) is 0.667. The van der Waals surface area contributed by atoms with Crippen molar-refractivity contribution in [3.63, 3.8) is 0 Å². The van der Waals surface area contributed by atoms with Crippen LogP contribution < -0.4 is 0 Å². The van der Waals surface area contributed by atoms with Crippen LogP contribution in [0.1, 0.15) is 44.2 Å². The highest BCUT2D eigenvalue weighted by atomic mass is 16.6. The average Bonchev–Trinajstić information content (AvgIpc) is 3.09. The molecule has 3 heterocycles. The van der Waals surface area contributed by atoms with Crippen LogP contribution in [0.25, 0.3) is 0 Å². The first-order chi connectivity index (χ1) is 10.8. The molecule has 1 saturated heterocycles. The molecule has 2 aliphatic heterocycles. The number of ether oxygens (including phenoxy) is 3. The Morgan fingerprint density at radius 1 is 1.39 bits per heavy atom. The highest BCUT2D eigenvalue weighted by molar-refractivity contribution is 5.77. The van der Waals surface area contributed by atoms with Gasteiger partial charge in [0.1, 0.15) is 5.60 Å². The number of esters is 1. The lowest BCUT2D eigenvalue weighted by Gasteiger charge is -2.28. The topological polar surface area (TPSA) is 93.8 Å². The smallest absolute Gasteiger partial charge is 0.410 e. The van der Waals surface area contributed by atoms with Crippen LogP contribution in [0.15, 0.2) is 6.33 Å². The molecule has 0 spiro atoms. The molecule has 0 unspecified atom stereocenters. The summed E-state index contributed by atoms with van der Waals surface area (Å²) < 4.78 is 16.1. The van der Waals surface area contributed by atoms with Crippen LogP contribution >= 0.6 is 0 Å². The SMILES string of the molecule is COC(=O)[C@@H]1O[C@H]2CN(C(=O)OC(C)(C)C)C[C@H]2c2nc[nH]c21. The van der Waals surface area contributed by atoms with E-state index in [4.69, 9.17) is 14.2 Å². The third kappa shape index (κ3) is 2.90. The number of likely N-dealkylation sites (tertiary alicyclic amines) is 1. The number of fused-ring (bicyclic) bond motifs is 3. The monoisotopic (exact) mass is 323 g/mol. The lowest BCUT2D eigenvalue weighted by Crippen LogP contribution is -2.36. The van der Waals surface area contributed by atoms with Gasteiger partial charge < -0.3 is 24.1 Å². The van der Waals surface area contributed by atoms with Gasteiger partial charge in [-0.2, -0.15) is 0 Å². The van der Waals surface area contributed by atoms with Crippen molar-refractivity contribution < 1.29 is 23.8 Å². The lowest BCUT2D eigenvalue weighted by atomic mass is 9.95. The lowest BCUT2D eigenvalue weighted by molar-refractivity contribution is -0.160. The Labute approximate surface area is 134 Å². The number of hydrogen-bond donors (Lipinski definition) is 1. The minimum absolute atomic E-state index is 0.0790. The molecule has 8 heteroatoms. The minimum Gasteiger partial charge on any atom is -0.467 e. The van der Waals surface area contributed by atoms with Gasteiger partial charge in [-0.15, -0.1) is 0 Å². The summed E-state index contributed by atoms with van der Waals surface area (Å²) in [6.45, 7) is 6.28. The Kier molecular flexibility index (Phi) is 3.79. The van der Waals surface area contributed by atoms with E-state index in [0.29, 0.717) is 18.8 Å². The normalized spacial score (nSPS) is 26.4. The van der Waals surface area contributed by atoms with E-state index in [1.165, 1.54) is 13.4 Å². The summed E-state index contributed by atoms with van der Waals surface area (Å²) in [6, 6.07) is 0. The Balaban J connectivity index is 1.80. The van der Waals surface area contributed by atoms with Crippen molar-refractivity contribution in [1.29, 1.82) is 0 Å². The Morgan fingerprint density at radius 2 is 2.13 bits per heavy atom. The summed E-state index contributed by atoms with van der Waals surface area (Å²) in [5.41, 5.74) is 0.796. The van der Waals surface area contributed by atoms with Crippen molar-refractivity contribution in [3.8, 4) is 0 Å². The summed E-state index contributed by atoms with van der Waals surface area (Å²) in [4.78, 5) is 33.0. The third-order valence-corrected chi connectivity index (χ3v) is 3.96. The van der Waals surface area contributed by atoms with E-state index in [1.807, 2.05) is 20.8 Å². The third-order valence-electron chi connectivity index (χ3n) is 3.96. The summed E-state index contributed by atoms with van der Waals surface area (Å²) in [5, 5.41) is 0. The van der Waals surface area contributed by atoms with Crippen molar-refractivity contribution in [3.05, 3.63) is 17.7 Å². The van der Waals surface area contributed by atoms with Gasteiger partial charge in [0.15, 0.2) is 6.10 Å². The highest BCUT2D eigenvalue weighted by Gasteiger charge is 2.48. The van der Waals surface area contributed by atoms with Crippen molar-refractivity contribution in [2.24, 2.45) is 0 Å². The molecular formula is C15H21N3O5. The fourth-order valence-electron chi connectivity index (χ4n) is 2.99. The second-order valence-electron chi connectivity index (χ2n) is 6.77. The first-order valence-electron chi connectivity index (χ1n) is 7.54. The van der Waals surface area contributed by atoms with E-state index >= 15 is 0 Å². The van der Waals surface area contributed by atoms with Gasteiger partial charge in [-0.05, 0) is 20.8 Å². The standard InChI is InChI=1S/C15H21N3O5/c1-15(2,3)23-14(20)18-5-8-9(6-18)22-12(13(19)21-4)11-10(8)16-7-17-11/h7-9,12H,5-6H2,1-4H3,(H,16,17)/t8-,9+,12-/m1/s1. The Morgan fingerprint density at radius 3 is 2.78 bits per heavy atom. The number of aromatic amines is 1. The summed E-state index contributed by atoms with van der Waals surface area (Å²) >= 11 is 0. The number of carbonyl (C=O) groups excluding carboxylic acids is 2. The second-order valence-corrected chi connectivity index (χ2v) is 6.77. The number of carbonyl (C=O) groups is 2. The predicted molar refractivity (Wildman–Crippen MR) is 78.8 cm³/mol. The summed E-state index contributed by atoms with van der Waals surface area (Å²) in [7, 11) is 1.31. The zero-order valence-electron chi connectivity index (χ0n) is 13.7. The molecule has 0 saturated carbocycles. The van der Waals surface area contributed by atoms with Crippen molar-refractivity contribution >= 4 is 12.1 Å². The van der Waals surface area contributed by atoms with Crippen molar-refractivity contribution in [1.82, 2.24) is 14.9 Å². The predicted octanol–water partition coefficient (Wildman–Crippen LogP) is 1.36. The number of amides is 1. The van der Waals surface area contributed by atoms with Gasteiger partial charge in [0.25, 0.3) is 0 Å². The van der Waals surface area contributed by atoms with Gasteiger partial charge in [0, 0.05) is 12.5 Å². The van der Waals surface area contributed by atoms with Crippen LogP contribution in [0.2, 0.25) is 0 Å². The molecule has 1 amide bonds. The van der Waals surface area contributed by atoms with E-state index in [9.17, 15) is 9.59 Å². The number of imidazole rings is 1. The molecule has 1 aromatic heterocycles. The van der Waals surface area contributed by atoms with Crippen LogP contribution in [-0.4, -0.2) is 58.8 Å². The zero-order chi connectivity index (χ0) is 16.8. The van der Waals surface area contributed by atoms with E-state index in [0.717, 1.165) is 5.69 Å². The molecule has 1 N–H and O–H groups in total. The quantitative estimate of drug-likeness (QED) is 0.784. The number of nitrogens with one attached hydrogen (secondary N) is 1. The number of methoxy groups -OCH3 is 1. The molecule has 23 heavy (non-hydrogen) atoms. The largest absolute Gasteiger partial charge is 0.467 e. The molecule has 3 rings (SSSR count). The second kappa shape index (κ2) is 5.52. The molecule has 8 nitrogen and oxygen atoms in total. The number of H-pyrrole nitrogens is 1. The highest BCUT2D eigenvalue weighted by Crippen LogP contribution is 2.40. The van der Waals surface area contributed by atoms with E-state index in [-0.39, 0.29) is 18.1 Å². The Bertz CT molecular complexity index is 621. The fourth-order valence-corrected chi connectivity index (χ4v) is 2.99. The van der Waals surface area contributed by atoms with Crippen LogP contribution in [0.4, 0.5) is 4.79 Å². The summed E-state index contributed by atoms with van der Waals surface area (Å²) in [6.07, 6.45) is 0.00428. The number of hydrogen-bond acceptors (Lipinski definition) is 6. The molecule has 3 atom stereocenters. The van der Waals surface area contributed by atoms with Gasteiger partial charge in [0.05, 0.1) is 37.5 Å². The van der Waals surface area contributed by atoms with Crippen LogP contribution in [-0.2, 0) is 19.0 Å². The molecule has 0 aliphatic carbocycles. The van der Waals surface area contributed by atoms with Crippen LogP contribution in [0.5, 0.6) is 0 Å².